The van der Waals surface area contributed by atoms with Gasteiger partial charge in [-0.2, -0.15) is 0 Å². The zero-order valence-electron chi connectivity index (χ0n) is 16.4. The van der Waals surface area contributed by atoms with Crippen molar-refractivity contribution in [2.45, 2.75) is 52.4 Å². The fourth-order valence-electron chi connectivity index (χ4n) is 3.50. The van der Waals surface area contributed by atoms with Crippen LogP contribution in [0.4, 0.5) is 0 Å². The van der Waals surface area contributed by atoms with Gasteiger partial charge < -0.3 is 4.74 Å². The van der Waals surface area contributed by atoms with Crippen molar-refractivity contribution in [1.29, 1.82) is 0 Å². The summed E-state index contributed by atoms with van der Waals surface area (Å²) in [6.45, 7) is 4.63. The van der Waals surface area contributed by atoms with E-state index in [2.05, 4.69) is 13.8 Å². The maximum absolute atomic E-state index is 13.0. The third-order valence-electron chi connectivity index (χ3n) is 5.41. The molecule has 0 heterocycles. The molecule has 3 heteroatoms. The molecular weight excluding hydrogens is 336 g/mol. The van der Waals surface area contributed by atoms with Gasteiger partial charge in [-0.3, -0.25) is 4.79 Å². The van der Waals surface area contributed by atoms with Crippen LogP contribution in [-0.4, -0.2) is 18.4 Å². The standard InChI is InChI=1S/C24H30O3/c1-3-24(4-2,22(25)20-14-8-5-9-15-20)18-12-7-13-19-27-23(26)21-16-10-6-11-17-21/h5-6,8-11,14-17H,3-4,7,12-13,18-19H2,1-2H3. The third-order valence-corrected chi connectivity index (χ3v) is 5.41. The van der Waals surface area contributed by atoms with E-state index in [1.54, 1.807) is 12.1 Å². The number of esters is 1. The van der Waals surface area contributed by atoms with Gasteiger partial charge in [-0.05, 0) is 37.8 Å². The van der Waals surface area contributed by atoms with Crippen LogP contribution in [-0.2, 0) is 4.74 Å². The molecule has 27 heavy (non-hydrogen) atoms. The second kappa shape index (κ2) is 10.7. The van der Waals surface area contributed by atoms with E-state index in [0.717, 1.165) is 44.1 Å². The minimum Gasteiger partial charge on any atom is -0.462 e. The largest absolute Gasteiger partial charge is 0.462 e. The molecule has 0 fully saturated rings. The average molecular weight is 367 g/mol. The van der Waals surface area contributed by atoms with Gasteiger partial charge in [0.15, 0.2) is 5.78 Å². The lowest BCUT2D eigenvalue weighted by Gasteiger charge is -2.30. The van der Waals surface area contributed by atoms with Gasteiger partial charge in [0.2, 0.25) is 0 Å². The fraction of sp³-hybridized carbons (Fsp3) is 0.417. The molecule has 0 spiro atoms. The van der Waals surface area contributed by atoms with Gasteiger partial charge in [0.05, 0.1) is 12.2 Å². The van der Waals surface area contributed by atoms with Crippen LogP contribution in [0.25, 0.3) is 0 Å². The number of carbonyl (C=O) groups is 2. The molecule has 2 rings (SSSR count). The quantitative estimate of drug-likeness (QED) is 0.274. The predicted molar refractivity (Wildman–Crippen MR) is 109 cm³/mol. The number of carbonyl (C=O) groups excluding carboxylic acids is 2. The van der Waals surface area contributed by atoms with Gasteiger partial charge in [-0.1, -0.05) is 75.2 Å². The van der Waals surface area contributed by atoms with Crippen molar-refractivity contribution in [3.63, 3.8) is 0 Å². The molecule has 0 saturated carbocycles. The molecule has 0 radical (unpaired) electrons. The van der Waals surface area contributed by atoms with Crippen LogP contribution in [0.3, 0.4) is 0 Å². The van der Waals surface area contributed by atoms with Crippen molar-refractivity contribution >= 4 is 11.8 Å². The highest BCUT2D eigenvalue weighted by molar-refractivity contribution is 6.00. The zero-order chi connectivity index (χ0) is 19.5. The van der Waals surface area contributed by atoms with Crippen molar-refractivity contribution in [2.75, 3.05) is 6.61 Å². The Bertz CT molecular complexity index is 703. The minimum absolute atomic E-state index is 0.253. The van der Waals surface area contributed by atoms with Crippen molar-refractivity contribution in [3.05, 3.63) is 71.8 Å². The topological polar surface area (TPSA) is 43.4 Å². The van der Waals surface area contributed by atoms with E-state index < -0.39 is 0 Å². The molecule has 0 bridgehead atoms. The fourth-order valence-corrected chi connectivity index (χ4v) is 3.50. The number of ether oxygens (including phenoxy) is 1. The number of hydrogen-bond acceptors (Lipinski definition) is 3. The number of ketones is 1. The first-order valence-electron chi connectivity index (χ1n) is 9.95. The first-order valence-corrected chi connectivity index (χ1v) is 9.95. The Morgan fingerprint density at radius 3 is 1.89 bits per heavy atom. The highest BCUT2D eigenvalue weighted by Gasteiger charge is 2.34. The third kappa shape index (κ3) is 5.78. The van der Waals surface area contributed by atoms with E-state index in [1.807, 2.05) is 48.5 Å². The van der Waals surface area contributed by atoms with E-state index >= 15 is 0 Å². The van der Waals surface area contributed by atoms with E-state index in [-0.39, 0.29) is 17.2 Å². The Morgan fingerprint density at radius 2 is 1.33 bits per heavy atom. The summed E-state index contributed by atoms with van der Waals surface area (Å²) in [6.07, 6.45) is 5.30. The molecule has 0 aromatic heterocycles. The van der Waals surface area contributed by atoms with Crippen LogP contribution in [0.15, 0.2) is 60.7 Å². The molecule has 0 atom stereocenters. The first kappa shape index (κ1) is 20.9. The lowest BCUT2D eigenvalue weighted by atomic mass is 9.72. The van der Waals surface area contributed by atoms with Crippen LogP contribution in [0, 0.1) is 5.41 Å². The Labute approximate surface area is 162 Å². The molecule has 0 aliphatic heterocycles. The predicted octanol–water partition coefficient (Wildman–Crippen LogP) is 6.09. The number of Topliss-reactive ketones (excluding diaryl/α,β-unsaturated/α-hetero) is 1. The second-order valence-corrected chi connectivity index (χ2v) is 7.00. The smallest absolute Gasteiger partial charge is 0.338 e. The minimum atomic E-state index is -0.290. The normalized spacial score (nSPS) is 11.2. The molecule has 0 unspecified atom stereocenters. The SMILES string of the molecule is CCC(CC)(CCCCCOC(=O)c1ccccc1)C(=O)c1ccccc1. The van der Waals surface area contributed by atoms with Crippen molar-refractivity contribution < 1.29 is 14.3 Å². The van der Waals surface area contributed by atoms with Gasteiger partial charge in [0, 0.05) is 11.0 Å². The van der Waals surface area contributed by atoms with Crippen molar-refractivity contribution in [1.82, 2.24) is 0 Å². The van der Waals surface area contributed by atoms with Gasteiger partial charge in [0.25, 0.3) is 0 Å². The zero-order valence-corrected chi connectivity index (χ0v) is 16.4. The Hall–Kier alpha value is -2.42. The lowest BCUT2D eigenvalue weighted by molar-refractivity contribution is 0.0496. The molecule has 0 aliphatic carbocycles. The van der Waals surface area contributed by atoms with E-state index in [9.17, 15) is 9.59 Å². The van der Waals surface area contributed by atoms with E-state index in [1.165, 1.54) is 0 Å². The molecule has 144 valence electrons. The van der Waals surface area contributed by atoms with E-state index in [0.29, 0.717) is 12.2 Å². The van der Waals surface area contributed by atoms with Gasteiger partial charge >= 0.3 is 5.97 Å². The maximum atomic E-state index is 13.0. The summed E-state index contributed by atoms with van der Waals surface area (Å²) >= 11 is 0. The first-order chi connectivity index (χ1) is 13.1. The number of rotatable bonds is 11. The number of unbranched alkanes of at least 4 members (excludes halogenated alkanes) is 2. The molecule has 3 nitrogen and oxygen atoms in total. The van der Waals surface area contributed by atoms with Gasteiger partial charge in [-0.15, -0.1) is 0 Å². The Balaban J connectivity index is 1.78. The lowest BCUT2D eigenvalue weighted by Crippen LogP contribution is -2.30. The number of hydrogen-bond donors (Lipinski definition) is 0. The molecule has 0 amide bonds. The molecule has 0 aliphatic rings. The van der Waals surface area contributed by atoms with Gasteiger partial charge in [0.1, 0.15) is 0 Å². The molecule has 0 saturated heterocycles. The van der Waals surface area contributed by atoms with E-state index in [4.69, 9.17) is 4.74 Å². The molecular formula is C24H30O3. The highest BCUT2D eigenvalue weighted by atomic mass is 16.5. The van der Waals surface area contributed by atoms with Crippen LogP contribution in [0.1, 0.15) is 73.1 Å². The van der Waals surface area contributed by atoms with Crippen molar-refractivity contribution in [3.8, 4) is 0 Å². The maximum Gasteiger partial charge on any atom is 0.338 e. The summed E-state index contributed by atoms with van der Waals surface area (Å²) in [4.78, 5) is 24.9. The number of benzene rings is 2. The second-order valence-electron chi connectivity index (χ2n) is 7.00. The molecule has 2 aromatic carbocycles. The molecule has 0 N–H and O–H groups in total. The average Bonchev–Trinajstić information content (AvgIpc) is 2.74. The van der Waals surface area contributed by atoms with Gasteiger partial charge in [-0.25, -0.2) is 4.79 Å². The van der Waals surface area contributed by atoms with Crippen molar-refractivity contribution in [2.24, 2.45) is 5.41 Å². The summed E-state index contributed by atoms with van der Waals surface area (Å²) in [5, 5.41) is 0. The summed E-state index contributed by atoms with van der Waals surface area (Å²) in [5.74, 6) is -0.0186. The Morgan fingerprint density at radius 1 is 0.778 bits per heavy atom. The summed E-state index contributed by atoms with van der Waals surface area (Å²) in [7, 11) is 0. The monoisotopic (exact) mass is 366 g/mol. The van der Waals surface area contributed by atoms with Crippen LogP contribution in [0.5, 0.6) is 0 Å². The van der Waals surface area contributed by atoms with Crippen LogP contribution in [0.2, 0.25) is 0 Å². The summed E-state index contributed by atoms with van der Waals surface area (Å²) in [6, 6.07) is 18.6. The molecule has 2 aromatic rings. The van der Waals surface area contributed by atoms with Crippen LogP contribution >= 0.6 is 0 Å². The highest BCUT2D eigenvalue weighted by Crippen LogP contribution is 2.36. The van der Waals surface area contributed by atoms with Crippen LogP contribution < -0.4 is 0 Å². The Kier molecular flexibility index (Phi) is 8.25. The summed E-state index contributed by atoms with van der Waals surface area (Å²) in [5.41, 5.74) is 1.10. The summed E-state index contributed by atoms with van der Waals surface area (Å²) < 4.78 is 5.32.